The van der Waals surface area contributed by atoms with Crippen LogP contribution in [0.3, 0.4) is 0 Å². The Kier molecular flexibility index (Phi) is 25.8. The number of carbonyl (C=O) groups is 2. The lowest BCUT2D eigenvalue weighted by Gasteiger charge is -2.20. The largest absolute Gasteiger partial charge is 0.481 e. The average molecular weight is 509 g/mol. The molecule has 0 radical (unpaired) electrons. The first-order chi connectivity index (χ1) is 17.5. The molecule has 0 aliphatic heterocycles. The molecule has 0 saturated carbocycles. The van der Waals surface area contributed by atoms with Crippen molar-refractivity contribution in [2.45, 2.75) is 168 Å². The highest BCUT2D eigenvalue weighted by molar-refractivity contribution is 5.79. The van der Waals surface area contributed by atoms with E-state index in [-0.39, 0.29) is 0 Å². The minimum absolute atomic E-state index is 0.493. The molecule has 4 heteroatoms. The van der Waals surface area contributed by atoms with E-state index in [0.29, 0.717) is 12.8 Å². The predicted octanol–water partition coefficient (Wildman–Crippen LogP) is 10.3. The topological polar surface area (TPSA) is 74.6 Å². The van der Waals surface area contributed by atoms with Crippen LogP contribution in [-0.2, 0) is 9.59 Å². The second-order valence-electron chi connectivity index (χ2n) is 10.9. The molecule has 0 aliphatic carbocycles. The molecule has 2 N–H and O–H groups in total. The van der Waals surface area contributed by atoms with Gasteiger partial charge in [0.15, 0.2) is 0 Å². The van der Waals surface area contributed by atoms with Gasteiger partial charge in [0.05, 0.1) is 11.8 Å². The van der Waals surface area contributed by atoms with E-state index in [1.54, 1.807) is 0 Å². The number of carboxylic acids is 2. The summed E-state index contributed by atoms with van der Waals surface area (Å²) in [7, 11) is 0. The molecule has 2 atom stereocenters. The van der Waals surface area contributed by atoms with Crippen molar-refractivity contribution in [3.05, 3.63) is 12.2 Å². The van der Waals surface area contributed by atoms with Crippen molar-refractivity contribution in [3.63, 3.8) is 0 Å². The van der Waals surface area contributed by atoms with Crippen LogP contribution in [0.15, 0.2) is 12.2 Å². The minimum atomic E-state index is -0.937. The van der Waals surface area contributed by atoms with Crippen LogP contribution in [0.4, 0.5) is 0 Å². The SMILES string of the molecule is CCCCCCCC/C=C\CCCCCCCCCCC(C(=O)O)C(CCCCCCCC)C(=O)O. The van der Waals surface area contributed by atoms with Crippen LogP contribution < -0.4 is 0 Å². The van der Waals surface area contributed by atoms with Crippen molar-refractivity contribution in [2.75, 3.05) is 0 Å². The van der Waals surface area contributed by atoms with Gasteiger partial charge in [0, 0.05) is 0 Å². The number of carboxylic acid groups (broad SMARTS) is 2. The fourth-order valence-electron chi connectivity index (χ4n) is 5.10. The van der Waals surface area contributed by atoms with Crippen molar-refractivity contribution in [3.8, 4) is 0 Å². The Labute approximate surface area is 223 Å². The maximum Gasteiger partial charge on any atom is 0.307 e. The Morgan fingerprint density at radius 1 is 0.472 bits per heavy atom. The van der Waals surface area contributed by atoms with Gasteiger partial charge in [-0.15, -0.1) is 0 Å². The Hall–Kier alpha value is -1.32. The standard InChI is InChI=1S/C32H60O4/c1-3-5-7-9-11-12-13-14-15-16-17-18-19-20-21-22-24-26-28-30(32(35)36)29(31(33)34)27-25-23-10-8-6-4-2/h14-15,29-30H,3-13,16-28H2,1-2H3,(H,33,34)(H,35,36)/b15-14-. The van der Waals surface area contributed by atoms with E-state index in [2.05, 4.69) is 26.0 Å². The highest BCUT2D eigenvalue weighted by atomic mass is 16.4. The molecular weight excluding hydrogens is 448 g/mol. The number of hydrogen-bond acceptors (Lipinski definition) is 2. The molecule has 0 heterocycles. The Morgan fingerprint density at radius 3 is 1.06 bits per heavy atom. The predicted molar refractivity (Wildman–Crippen MR) is 154 cm³/mol. The number of aliphatic carboxylic acids is 2. The molecule has 0 rings (SSSR count). The maximum absolute atomic E-state index is 11.8. The summed E-state index contributed by atoms with van der Waals surface area (Å²) in [6, 6.07) is 0. The first-order valence-corrected chi connectivity index (χ1v) is 15.6. The van der Waals surface area contributed by atoms with Crippen molar-refractivity contribution >= 4 is 11.9 Å². The molecule has 0 aromatic rings. The fourth-order valence-corrected chi connectivity index (χ4v) is 5.10. The van der Waals surface area contributed by atoms with Gasteiger partial charge in [0.2, 0.25) is 0 Å². The maximum atomic E-state index is 11.8. The molecule has 0 saturated heterocycles. The number of allylic oxidation sites excluding steroid dienone is 2. The van der Waals surface area contributed by atoms with Gasteiger partial charge < -0.3 is 10.2 Å². The molecule has 0 bridgehead atoms. The van der Waals surface area contributed by atoms with Crippen molar-refractivity contribution in [1.29, 1.82) is 0 Å². The molecular formula is C32H60O4. The van der Waals surface area contributed by atoms with Gasteiger partial charge in [0.1, 0.15) is 0 Å². The summed E-state index contributed by atoms with van der Waals surface area (Å²) in [5, 5.41) is 19.3. The average Bonchev–Trinajstić information content (AvgIpc) is 2.85. The fraction of sp³-hybridized carbons (Fsp3) is 0.875. The molecule has 212 valence electrons. The van der Waals surface area contributed by atoms with E-state index in [1.807, 2.05) is 0 Å². The zero-order valence-electron chi connectivity index (χ0n) is 24.0. The van der Waals surface area contributed by atoms with Crippen LogP contribution in [0.25, 0.3) is 0 Å². The molecule has 0 fully saturated rings. The van der Waals surface area contributed by atoms with Crippen LogP contribution in [0.2, 0.25) is 0 Å². The van der Waals surface area contributed by atoms with E-state index in [4.69, 9.17) is 0 Å². The van der Waals surface area contributed by atoms with E-state index in [1.165, 1.54) is 103 Å². The van der Waals surface area contributed by atoms with Gasteiger partial charge in [-0.2, -0.15) is 0 Å². The minimum Gasteiger partial charge on any atom is -0.481 e. The summed E-state index contributed by atoms with van der Waals surface area (Å²) < 4.78 is 0. The van der Waals surface area contributed by atoms with Gasteiger partial charge in [-0.25, -0.2) is 0 Å². The quantitative estimate of drug-likeness (QED) is 0.0814. The van der Waals surface area contributed by atoms with Crippen molar-refractivity contribution in [1.82, 2.24) is 0 Å². The van der Waals surface area contributed by atoms with Crippen LogP contribution >= 0.6 is 0 Å². The van der Waals surface area contributed by atoms with E-state index in [9.17, 15) is 19.8 Å². The normalized spacial score (nSPS) is 13.3. The highest BCUT2D eigenvalue weighted by Gasteiger charge is 2.32. The summed E-state index contributed by atoms with van der Waals surface area (Å²) in [6.45, 7) is 4.44. The summed E-state index contributed by atoms with van der Waals surface area (Å²) in [6.07, 6.45) is 32.2. The molecule has 0 aromatic carbocycles. The molecule has 0 aromatic heterocycles. The third-order valence-corrected chi connectivity index (χ3v) is 7.52. The molecule has 2 unspecified atom stereocenters. The summed E-state index contributed by atoms with van der Waals surface area (Å²) >= 11 is 0. The zero-order valence-corrected chi connectivity index (χ0v) is 24.0. The van der Waals surface area contributed by atoms with E-state index in [0.717, 1.165) is 38.5 Å². The summed E-state index contributed by atoms with van der Waals surface area (Å²) in [5.74, 6) is -3.36. The third-order valence-electron chi connectivity index (χ3n) is 7.52. The van der Waals surface area contributed by atoms with Gasteiger partial charge >= 0.3 is 11.9 Å². The van der Waals surface area contributed by atoms with E-state index < -0.39 is 23.8 Å². The van der Waals surface area contributed by atoms with Crippen LogP contribution in [-0.4, -0.2) is 22.2 Å². The highest BCUT2D eigenvalue weighted by Crippen LogP contribution is 2.26. The van der Waals surface area contributed by atoms with Gasteiger partial charge in [-0.3, -0.25) is 9.59 Å². The lowest BCUT2D eigenvalue weighted by Crippen LogP contribution is -2.30. The molecule has 0 aliphatic rings. The van der Waals surface area contributed by atoms with Crippen molar-refractivity contribution < 1.29 is 19.8 Å². The van der Waals surface area contributed by atoms with Crippen LogP contribution in [0.1, 0.15) is 168 Å². The van der Waals surface area contributed by atoms with Crippen LogP contribution in [0.5, 0.6) is 0 Å². The zero-order chi connectivity index (χ0) is 26.7. The Balaban J connectivity index is 3.77. The first-order valence-electron chi connectivity index (χ1n) is 15.6. The summed E-state index contributed by atoms with van der Waals surface area (Å²) in [4.78, 5) is 23.5. The first kappa shape index (κ1) is 34.7. The molecule has 36 heavy (non-hydrogen) atoms. The third kappa shape index (κ3) is 21.9. The van der Waals surface area contributed by atoms with E-state index >= 15 is 0 Å². The van der Waals surface area contributed by atoms with Crippen LogP contribution in [0, 0.1) is 11.8 Å². The Bertz CT molecular complexity index is 528. The second-order valence-corrected chi connectivity index (χ2v) is 10.9. The number of unbranched alkanes of at least 4 members (excludes halogenated alkanes) is 19. The van der Waals surface area contributed by atoms with Gasteiger partial charge in [-0.05, 0) is 38.5 Å². The number of rotatable bonds is 28. The summed E-state index contributed by atoms with van der Waals surface area (Å²) in [5.41, 5.74) is 0. The lowest BCUT2D eigenvalue weighted by atomic mass is 9.84. The van der Waals surface area contributed by atoms with Gasteiger partial charge in [0.25, 0.3) is 0 Å². The molecule has 0 amide bonds. The monoisotopic (exact) mass is 508 g/mol. The Morgan fingerprint density at radius 2 is 0.750 bits per heavy atom. The lowest BCUT2D eigenvalue weighted by molar-refractivity contribution is -0.154. The van der Waals surface area contributed by atoms with Crippen molar-refractivity contribution in [2.24, 2.45) is 11.8 Å². The van der Waals surface area contributed by atoms with Gasteiger partial charge in [-0.1, -0.05) is 142 Å². The molecule has 0 spiro atoms. The second kappa shape index (κ2) is 26.7. The number of hydrogen-bond donors (Lipinski definition) is 2. The smallest absolute Gasteiger partial charge is 0.307 e. The molecule has 4 nitrogen and oxygen atoms in total.